The Morgan fingerprint density at radius 3 is 2.60 bits per heavy atom. The predicted molar refractivity (Wildman–Crippen MR) is 42.1 cm³/mol. The molecule has 0 amide bonds. The Morgan fingerprint density at radius 2 is 2.30 bits per heavy atom. The van der Waals surface area contributed by atoms with E-state index in [0.29, 0.717) is 12.1 Å². The molecule has 0 rings (SSSR count). The van der Waals surface area contributed by atoms with E-state index in [2.05, 4.69) is 13.2 Å². The van der Waals surface area contributed by atoms with E-state index in [4.69, 9.17) is 11.0 Å². The molecule has 0 saturated heterocycles. The van der Waals surface area contributed by atoms with Crippen molar-refractivity contribution in [2.45, 2.75) is 0 Å². The molecule has 0 spiro atoms. The fourth-order valence-electron chi connectivity index (χ4n) is 0.457. The van der Waals surface area contributed by atoms with Gasteiger partial charge in [0.2, 0.25) is 0 Å². The van der Waals surface area contributed by atoms with E-state index in [1.165, 1.54) is 0 Å². The van der Waals surface area contributed by atoms with Crippen LogP contribution in [-0.4, -0.2) is 6.54 Å². The zero-order valence-electron chi connectivity index (χ0n) is 5.80. The van der Waals surface area contributed by atoms with Crippen LogP contribution in [0.4, 0.5) is 0 Å². The van der Waals surface area contributed by atoms with E-state index < -0.39 is 0 Å². The summed E-state index contributed by atoms with van der Waals surface area (Å²) in [5.74, 6) is 0. The molecular weight excluding hydrogens is 124 g/mol. The average molecular weight is 134 g/mol. The van der Waals surface area contributed by atoms with Gasteiger partial charge in [0.1, 0.15) is 0 Å². The first-order chi connectivity index (χ1) is 4.74. The van der Waals surface area contributed by atoms with Crippen LogP contribution in [-0.2, 0) is 0 Å². The summed E-state index contributed by atoms with van der Waals surface area (Å²) < 4.78 is 0. The van der Waals surface area contributed by atoms with Crippen LogP contribution in [0.3, 0.4) is 0 Å². The lowest BCUT2D eigenvalue weighted by molar-refractivity contribution is 1.19. The van der Waals surface area contributed by atoms with Gasteiger partial charge in [-0.2, -0.15) is 5.26 Å². The summed E-state index contributed by atoms with van der Waals surface area (Å²) >= 11 is 0. The third-order valence-corrected chi connectivity index (χ3v) is 1.00. The van der Waals surface area contributed by atoms with Gasteiger partial charge in [0.25, 0.3) is 0 Å². The number of hydrogen-bond donors (Lipinski definition) is 1. The first-order valence-corrected chi connectivity index (χ1v) is 2.86. The molecular formula is C8H10N2. The van der Waals surface area contributed by atoms with Crippen molar-refractivity contribution in [1.29, 1.82) is 5.26 Å². The fraction of sp³-hybridized carbons (Fsp3) is 0.125. The highest BCUT2D eigenvalue weighted by atomic mass is 14.5. The number of nitrogens with two attached hydrogens (primary N) is 1. The van der Waals surface area contributed by atoms with E-state index in [9.17, 15) is 0 Å². The Bertz CT molecular complexity index is 206. The maximum absolute atomic E-state index is 8.31. The number of rotatable bonds is 3. The van der Waals surface area contributed by atoms with Gasteiger partial charge in [-0.05, 0) is 11.6 Å². The average Bonchev–Trinajstić information content (AvgIpc) is 1.99. The first-order valence-electron chi connectivity index (χ1n) is 2.86. The molecule has 0 bridgehead atoms. The molecule has 0 aliphatic heterocycles. The van der Waals surface area contributed by atoms with Crippen molar-refractivity contribution in [2.24, 2.45) is 5.73 Å². The smallest absolute Gasteiger partial charge is 0.0985 e. The van der Waals surface area contributed by atoms with E-state index in [1.807, 2.05) is 6.07 Å². The fourth-order valence-corrected chi connectivity index (χ4v) is 0.457. The van der Waals surface area contributed by atoms with Crippen molar-refractivity contribution in [3.63, 3.8) is 0 Å². The number of hydrogen-bond acceptors (Lipinski definition) is 2. The van der Waals surface area contributed by atoms with Gasteiger partial charge in [-0.25, -0.2) is 0 Å². The van der Waals surface area contributed by atoms with Gasteiger partial charge in [0.15, 0.2) is 0 Å². The van der Waals surface area contributed by atoms with Crippen LogP contribution in [0, 0.1) is 11.3 Å². The Balaban J connectivity index is 4.28. The minimum Gasteiger partial charge on any atom is -0.326 e. The molecule has 0 unspecified atom stereocenters. The van der Waals surface area contributed by atoms with Crippen LogP contribution in [0.1, 0.15) is 0 Å². The molecule has 0 fully saturated rings. The minimum absolute atomic E-state index is 0.393. The molecule has 2 heteroatoms. The van der Waals surface area contributed by atoms with E-state index >= 15 is 0 Å². The zero-order chi connectivity index (χ0) is 7.98. The topological polar surface area (TPSA) is 49.8 Å². The Hall–Kier alpha value is -1.33. The molecule has 0 aliphatic rings. The minimum atomic E-state index is 0.393. The SMILES string of the molecule is C=C/C(=C\C(=C)C#N)CN. The molecule has 0 aliphatic carbocycles. The summed E-state index contributed by atoms with van der Waals surface area (Å²) in [7, 11) is 0. The number of nitriles is 1. The molecule has 0 saturated carbocycles. The third kappa shape index (κ3) is 2.85. The van der Waals surface area contributed by atoms with Crippen LogP contribution in [0.15, 0.2) is 36.5 Å². The molecule has 0 radical (unpaired) electrons. The molecule has 0 aromatic heterocycles. The first kappa shape index (κ1) is 8.67. The molecule has 2 N–H and O–H groups in total. The largest absolute Gasteiger partial charge is 0.326 e. The Kier molecular flexibility index (Phi) is 3.94. The van der Waals surface area contributed by atoms with Gasteiger partial charge in [-0.15, -0.1) is 0 Å². The summed E-state index contributed by atoms with van der Waals surface area (Å²) in [6, 6.07) is 1.89. The maximum Gasteiger partial charge on any atom is 0.0985 e. The lowest BCUT2D eigenvalue weighted by Crippen LogP contribution is -2.00. The second-order valence-corrected chi connectivity index (χ2v) is 1.76. The highest BCUT2D eigenvalue weighted by molar-refractivity contribution is 5.36. The third-order valence-electron chi connectivity index (χ3n) is 1.00. The lowest BCUT2D eigenvalue weighted by atomic mass is 10.2. The molecule has 0 aromatic carbocycles. The van der Waals surface area contributed by atoms with Crippen LogP contribution in [0.2, 0.25) is 0 Å². The molecule has 52 valence electrons. The van der Waals surface area contributed by atoms with Crippen molar-refractivity contribution >= 4 is 0 Å². The highest BCUT2D eigenvalue weighted by Crippen LogP contribution is 1.98. The van der Waals surface area contributed by atoms with Crippen LogP contribution in [0.5, 0.6) is 0 Å². The molecule has 10 heavy (non-hydrogen) atoms. The maximum atomic E-state index is 8.31. The highest BCUT2D eigenvalue weighted by Gasteiger charge is 1.87. The van der Waals surface area contributed by atoms with Gasteiger partial charge >= 0.3 is 0 Å². The molecule has 0 atom stereocenters. The summed E-state index contributed by atoms with van der Waals surface area (Å²) in [4.78, 5) is 0. The lowest BCUT2D eigenvalue weighted by Gasteiger charge is -1.92. The molecule has 0 heterocycles. The summed E-state index contributed by atoms with van der Waals surface area (Å²) in [5.41, 5.74) is 6.52. The number of nitrogens with zero attached hydrogens (tertiary/aromatic N) is 1. The Morgan fingerprint density at radius 1 is 1.70 bits per heavy atom. The zero-order valence-corrected chi connectivity index (χ0v) is 5.80. The van der Waals surface area contributed by atoms with Crippen molar-refractivity contribution < 1.29 is 0 Å². The van der Waals surface area contributed by atoms with Crippen molar-refractivity contribution in [3.8, 4) is 6.07 Å². The summed E-state index contributed by atoms with van der Waals surface area (Å²) in [6.07, 6.45) is 3.23. The van der Waals surface area contributed by atoms with E-state index in [-0.39, 0.29) is 0 Å². The number of allylic oxidation sites excluding steroid dienone is 2. The van der Waals surface area contributed by atoms with Crippen LogP contribution in [0.25, 0.3) is 0 Å². The van der Waals surface area contributed by atoms with Crippen LogP contribution < -0.4 is 5.73 Å². The van der Waals surface area contributed by atoms with Gasteiger partial charge < -0.3 is 5.73 Å². The normalized spacial score (nSPS) is 10.2. The van der Waals surface area contributed by atoms with Gasteiger partial charge in [-0.1, -0.05) is 19.2 Å². The predicted octanol–water partition coefficient (Wildman–Crippen LogP) is 1.14. The molecule has 0 aromatic rings. The van der Waals surface area contributed by atoms with Gasteiger partial charge in [0.05, 0.1) is 6.07 Å². The standard InChI is InChI=1S/C8H10N2/c1-3-8(6-10)4-7(2)5-9/h3-4H,1-2,6,10H2/b8-4+. The van der Waals surface area contributed by atoms with E-state index in [1.54, 1.807) is 12.2 Å². The van der Waals surface area contributed by atoms with Gasteiger partial charge in [-0.3, -0.25) is 0 Å². The van der Waals surface area contributed by atoms with Crippen molar-refractivity contribution in [2.75, 3.05) is 6.54 Å². The van der Waals surface area contributed by atoms with Crippen molar-refractivity contribution in [3.05, 3.63) is 36.5 Å². The van der Waals surface area contributed by atoms with Crippen LogP contribution >= 0.6 is 0 Å². The summed E-state index contributed by atoms with van der Waals surface area (Å²) in [6.45, 7) is 7.38. The second kappa shape index (κ2) is 4.54. The second-order valence-electron chi connectivity index (χ2n) is 1.76. The monoisotopic (exact) mass is 134 g/mol. The van der Waals surface area contributed by atoms with Gasteiger partial charge in [0, 0.05) is 12.1 Å². The van der Waals surface area contributed by atoms with E-state index in [0.717, 1.165) is 5.57 Å². The Labute approximate surface area is 61.0 Å². The summed E-state index contributed by atoms with van der Waals surface area (Å²) in [5, 5.41) is 8.31. The quantitative estimate of drug-likeness (QED) is 0.464. The van der Waals surface area contributed by atoms with Crippen molar-refractivity contribution in [1.82, 2.24) is 0 Å². The molecule has 2 nitrogen and oxygen atoms in total.